The fourth-order valence-electron chi connectivity index (χ4n) is 1.27. The molecule has 0 radical (unpaired) electrons. The van der Waals surface area contributed by atoms with Gasteiger partial charge in [-0.2, -0.15) is 0 Å². The first-order valence-corrected chi connectivity index (χ1v) is 8.31. The number of benzene rings is 1. The van der Waals surface area contributed by atoms with Crippen LogP contribution in [0.5, 0.6) is 0 Å². The zero-order chi connectivity index (χ0) is 13.8. The van der Waals surface area contributed by atoms with E-state index in [1.807, 2.05) is 13.8 Å². The average molecular weight is 356 g/mol. The summed E-state index contributed by atoms with van der Waals surface area (Å²) in [6.07, 6.45) is 0. The molecule has 0 saturated heterocycles. The van der Waals surface area contributed by atoms with Crippen molar-refractivity contribution in [3.05, 3.63) is 27.7 Å². The third kappa shape index (κ3) is 5.56. The molecule has 4 nitrogen and oxygen atoms in total. The maximum atomic E-state index is 11.8. The number of hydrogen-bond acceptors (Lipinski definition) is 3. The Morgan fingerprint density at radius 3 is 2.61 bits per heavy atom. The van der Waals surface area contributed by atoms with E-state index >= 15 is 0 Å². The highest BCUT2D eigenvalue weighted by atomic mass is 79.9. The van der Waals surface area contributed by atoms with Crippen molar-refractivity contribution in [2.24, 2.45) is 0 Å². The van der Waals surface area contributed by atoms with Crippen molar-refractivity contribution < 1.29 is 8.42 Å². The van der Waals surface area contributed by atoms with Crippen LogP contribution in [0.3, 0.4) is 0 Å². The molecule has 0 aromatic heterocycles. The second-order valence-corrected chi connectivity index (χ2v) is 7.29. The predicted octanol–water partition coefficient (Wildman–Crippen LogP) is 2.84. The lowest BCUT2D eigenvalue weighted by atomic mass is 10.3. The summed E-state index contributed by atoms with van der Waals surface area (Å²) in [4.78, 5) is 0. The highest BCUT2D eigenvalue weighted by Gasteiger charge is 2.12. The highest BCUT2D eigenvalue weighted by molar-refractivity contribution is 9.10. The highest BCUT2D eigenvalue weighted by Crippen LogP contribution is 2.26. The van der Waals surface area contributed by atoms with Crippen LogP contribution in [0.15, 0.2) is 22.7 Å². The summed E-state index contributed by atoms with van der Waals surface area (Å²) >= 11 is 9.05. The van der Waals surface area contributed by atoms with E-state index in [-0.39, 0.29) is 11.8 Å². The quantitative estimate of drug-likeness (QED) is 0.825. The van der Waals surface area contributed by atoms with Gasteiger partial charge in [0.1, 0.15) is 0 Å². The number of rotatable bonds is 6. The summed E-state index contributed by atoms with van der Waals surface area (Å²) in [6.45, 7) is 4.35. The van der Waals surface area contributed by atoms with Crippen molar-refractivity contribution >= 4 is 43.2 Å². The molecule has 0 spiro atoms. The van der Waals surface area contributed by atoms with Gasteiger partial charge in [0.2, 0.25) is 10.0 Å². The lowest BCUT2D eigenvalue weighted by Gasteiger charge is -2.11. The van der Waals surface area contributed by atoms with Gasteiger partial charge < -0.3 is 5.32 Å². The molecule has 2 N–H and O–H groups in total. The first-order chi connectivity index (χ1) is 8.30. The molecule has 0 unspecified atom stereocenters. The Kier molecular flexibility index (Phi) is 5.91. The van der Waals surface area contributed by atoms with E-state index in [1.165, 1.54) is 0 Å². The van der Waals surface area contributed by atoms with Crippen molar-refractivity contribution in [2.75, 3.05) is 17.0 Å². The number of anilines is 1. The van der Waals surface area contributed by atoms with Crippen LogP contribution in [-0.2, 0) is 10.0 Å². The Balaban J connectivity index is 2.65. The number of hydrogen-bond donors (Lipinski definition) is 2. The molecule has 0 heterocycles. The summed E-state index contributed by atoms with van der Waals surface area (Å²) in [5.41, 5.74) is 0.490. The van der Waals surface area contributed by atoms with Gasteiger partial charge in [-0.15, -0.1) is 0 Å². The molecule has 0 bridgehead atoms. The van der Waals surface area contributed by atoms with Gasteiger partial charge in [0.15, 0.2) is 0 Å². The summed E-state index contributed by atoms with van der Waals surface area (Å²) in [5.74, 6) is 0.0280. The molecule has 0 aliphatic heterocycles. The predicted molar refractivity (Wildman–Crippen MR) is 79.7 cm³/mol. The van der Waals surface area contributed by atoms with E-state index in [2.05, 4.69) is 26.0 Å². The molecule has 0 fully saturated rings. The summed E-state index contributed by atoms with van der Waals surface area (Å²) in [5, 5.41) is 3.61. The normalized spacial score (nSPS) is 11.8. The van der Waals surface area contributed by atoms with E-state index in [9.17, 15) is 8.42 Å². The van der Waals surface area contributed by atoms with Gasteiger partial charge in [-0.25, -0.2) is 8.42 Å². The Hall–Kier alpha value is -0.300. The zero-order valence-electron chi connectivity index (χ0n) is 10.2. The van der Waals surface area contributed by atoms with Crippen LogP contribution in [0.25, 0.3) is 0 Å². The van der Waals surface area contributed by atoms with Crippen molar-refractivity contribution in [3.63, 3.8) is 0 Å². The smallest absolute Gasteiger partial charge is 0.234 e. The number of halogens is 2. The summed E-state index contributed by atoms with van der Waals surface area (Å²) < 4.78 is 26.8. The Bertz CT molecular complexity index is 506. The molecule has 0 amide bonds. The first-order valence-electron chi connectivity index (χ1n) is 5.49. The Morgan fingerprint density at radius 1 is 1.39 bits per heavy atom. The lowest BCUT2D eigenvalue weighted by Crippen LogP contribution is -2.31. The molecule has 0 saturated carbocycles. The molecule has 18 heavy (non-hydrogen) atoms. The first kappa shape index (κ1) is 15.8. The average Bonchev–Trinajstić information content (AvgIpc) is 2.21. The van der Waals surface area contributed by atoms with Gasteiger partial charge in [0, 0.05) is 22.1 Å². The molecule has 102 valence electrons. The molecule has 1 aromatic rings. The third-order valence-corrected chi connectivity index (χ3v) is 4.28. The second kappa shape index (κ2) is 6.75. The number of nitrogens with one attached hydrogen (secondary N) is 2. The number of sulfonamides is 1. The standard InChI is InChI=1S/C11H16BrClN2O2S/c1-8(2)14-5-6-18(16,17)15-11-4-3-9(13)7-10(11)12/h3-4,7-8,14-15H,5-6H2,1-2H3. The van der Waals surface area contributed by atoms with E-state index in [4.69, 9.17) is 11.6 Å². The Morgan fingerprint density at radius 2 is 2.06 bits per heavy atom. The largest absolute Gasteiger partial charge is 0.313 e. The van der Waals surface area contributed by atoms with Gasteiger partial charge in [0.25, 0.3) is 0 Å². The SMILES string of the molecule is CC(C)NCCS(=O)(=O)Nc1ccc(Cl)cc1Br. The van der Waals surface area contributed by atoms with Crippen molar-refractivity contribution in [2.45, 2.75) is 19.9 Å². The fraction of sp³-hybridized carbons (Fsp3) is 0.455. The second-order valence-electron chi connectivity index (χ2n) is 4.15. The van der Waals surface area contributed by atoms with Gasteiger partial charge in [-0.3, -0.25) is 4.72 Å². The molecular weight excluding hydrogens is 340 g/mol. The molecule has 0 aliphatic rings. The van der Waals surface area contributed by atoms with Gasteiger partial charge in [-0.05, 0) is 34.1 Å². The summed E-state index contributed by atoms with van der Waals surface area (Å²) in [7, 11) is -3.35. The van der Waals surface area contributed by atoms with Crippen LogP contribution in [-0.4, -0.2) is 26.8 Å². The van der Waals surface area contributed by atoms with Crippen molar-refractivity contribution in [1.82, 2.24) is 5.32 Å². The fourth-order valence-corrected chi connectivity index (χ4v) is 3.19. The van der Waals surface area contributed by atoms with Crippen LogP contribution in [0.4, 0.5) is 5.69 Å². The minimum atomic E-state index is -3.35. The van der Waals surface area contributed by atoms with Crippen LogP contribution in [0.1, 0.15) is 13.8 Å². The van der Waals surface area contributed by atoms with Gasteiger partial charge in [0.05, 0.1) is 11.4 Å². The van der Waals surface area contributed by atoms with Crippen LogP contribution in [0.2, 0.25) is 5.02 Å². The maximum absolute atomic E-state index is 11.8. The monoisotopic (exact) mass is 354 g/mol. The molecule has 0 atom stereocenters. The van der Waals surface area contributed by atoms with Crippen LogP contribution in [0, 0.1) is 0 Å². The van der Waals surface area contributed by atoms with E-state index in [0.29, 0.717) is 21.7 Å². The molecular formula is C11H16BrClN2O2S. The van der Waals surface area contributed by atoms with Crippen LogP contribution < -0.4 is 10.0 Å². The van der Waals surface area contributed by atoms with Gasteiger partial charge >= 0.3 is 0 Å². The molecule has 0 aliphatic carbocycles. The van der Waals surface area contributed by atoms with Crippen molar-refractivity contribution in [1.29, 1.82) is 0 Å². The minimum Gasteiger partial charge on any atom is -0.313 e. The topological polar surface area (TPSA) is 58.2 Å². The Labute approximate surface area is 121 Å². The van der Waals surface area contributed by atoms with E-state index in [0.717, 1.165) is 0 Å². The van der Waals surface area contributed by atoms with E-state index < -0.39 is 10.0 Å². The maximum Gasteiger partial charge on any atom is 0.234 e. The zero-order valence-corrected chi connectivity index (χ0v) is 13.4. The minimum absolute atomic E-state index is 0.0280. The molecule has 1 aromatic carbocycles. The van der Waals surface area contributed by atoms with Crippen molar-refractivity contribution in [3.8, 4) is 0 Å². The molecule has 7 heteroatoms. The van der Waals surface area contributed by atoms with E-state index in [1.54, 1.807) is 18.2 Å². The van der Waals surface area contributed by atoms with Crippen LogP contribution >= 0.6 is 27.5 Å². The summed E-state index contributed by atoms with van der Waals surface area (Å²) in [6, 6.07) is 5.17. The molecule has 1 rings (SSSR count). The lowest BCUT2D eigenvalue weighted by molar-refractivity contribution is 0.582. The van der Waals surface area contributed by atoms with Gasteiger partial charge in [-0.1, -0.05) is 25.4 Å². The third-order valence-electron chi connectivity index (χ3n) is 2.12.